The molecule has 1 fully saturated rings. The lowest BCUT2D eigenvalue weighted by Crippen LogP contribution is -2.30. The van der Waals surface area contributed by atoms with Crippen molar-refractivity contribution in [2.24, 2.45) is 5.41 Å². The number of anilines is 2. The topological polar surface area (TPSA) is 71.4 Å². The molecule has 2 aromatic carbocycles. The molecule has 0 aliphatic carbocycles. The van der Waals surface area contributed by atoms with Gasteiger partial charge in [-0.2, -0.15) is 13.2 Å². The molecule has 5 rings (SSSR count). The molecule has 44 heavy (non-hydrogen) atoms. The number of para-hydroxylation sites is 1. The summed E-state index contributed by atoms with van der Waals surface area (Å²) in [5.41, 5.74) is 2.70. The largest absolute Gasteiger partial charge is 0.494 e. The highest BCUT2D eigenvalue weighted by molar-refractivity contribution is 7.80. The molecular weight excluding hydrogens is 587 g/mol. The first-order valence-electron chi connectivity index (χ1n) is 14.1. The summed E-state index contributed by atoms with van der Waals surface area (Å²) in [6.45, 7) is 9.08. The number of amides is 1. The van der Waals surface area contributed by atoms with Gasteiger partial charge in [0.05, 0.1) is 41.8 Å². The van der Waals surface area contributed by atoms with Crippen molar-refractivity contribution in [1.29, 1.82) is 0 Å². The molecule has 0 spiro atoms. The Labute approximate surface area is 260 Å². The summed E-state index contributed by atoms with van der Waals surface area (Å²) in [7, 11) is 1.52. The Bertz CT molecular complexity index is 1710. The van der Waals surface area contributed by atoms with Gasteiger partial charge in [0.15, 0.2) is 5.11 Å². The van der Waals surface area contributed by atoms with Crippen LogP contribution in [-0.2, 0) is 11.0 Å². The third kappa shape index (κ3) is 5.76. The van der Waals surface area contributed by atoms with Gasteiger partial charge in [-0.1, -0.05) is 39.0 Å². The first-order chi connectivity index (χ1) is 20.7. The van der Waals surface area contributed by atoms with Crippen LogP contribution in [0.1, 0.15) is 61.1 Å². The summed E-state index contributed by atoms with van der Waals surface area (Å²) in [6.07, 6.45) is -2.84. The molecule has 2 aromatic heterocycles. The number of pyridine rings is 1. The number of carbonyl (C=O) groups excluding carboxylic acids is 1. The van der Waals surface area contributed by atoms with E-state index in [-0.39, 0.29) is 11.6 Å². The second-order valence-corrected chi connectivity index (χ2v) is 12.1. The second-order valence-electron chi connectivity index (χ2n) is 11.8. The van der Waals surface area contributed by atoms with Gasteiger partial charge in [-0.15, -0.1) is 0 Å². The molecule has 0 saturated carbocycles. The van der Waals surface area contributed by atoms with Crippen molar-refractivity contribution >= 4 is 34.6 Å². The van der Waals surface area contributed by atoms with E-state index in [4.69, 9.17) is 17.0 Å². The van der Waals surface area contributed by atoms with Crippen molar-refractivity contribution in [3.8, 4) is 11.4 Å². The maximum atomic E-state index is 14.1. The maximum absolute atomic E-state index is 14.1. The summed E-state index contributed by atoms with van der Waals surface area (Å²) >= 11 is 5.87. The van der Waals surface area contributed by atoms with Crippen LogP contribution in [0.2, 0.25) is 0 Å². The molecule has 1 aliphatic heterocycles. The van der Waals surface area contributed by atoms with E-state index in [0.717, 1.165) is 17.3 Å². The van der Waals surface area contributed by atoms with Gasteiger partial charge in [0, 0.05) is 34.8 Å². The minimum Gasteiger partial charge on any atom is -0.494 e. The number of hydrogen-bond acceptors (Lipinski definition) is 4. The van der Waals surface area contributed by atoms with Gasteiger partial charge in [-0.05, 0) is 74.1 Å². The zero-order chi connectivity index (χ0) is 32.0. The normalized spacial score (nSPS) is 17.0. The molecule has 0 bridgehead atoms. The van der Waals surface area contributed by atoms with Gasteiger partial charge in [0.2, 0.25) is 5.91 Å². The van der Waals surface area contributed by atoms with Gasteiger partial charge in [0.1, 0.15) is 5.75 Å². The highest BCUT2D eigenvalue weighted by Gasteiger charge is 2.43. The third-order valence-electron chi connectivity index (χ3n) is 7.73. The van der Waals surface area contributed by atoms with Gasteiger partial charge >= 0.3 is 6.18 Å². The van der Waals surface area contributed by atoms with E-state index < -0.39 is 29.2 Å². The number of benzene rings is 2. The SMILES string of the molecule is COc1cc(N2C(=S)N[C@@H](c3ccccn3)[C@@H]2c2cc(C)n(-c3ccccc3C(F)(F)F)c2C)ccc1NC(=O)C(C)(C)C. The number of alkyl halides is 3. The van der Waals surface area contributed by atoms with E-state index in [0.29, 0.717) is 33.6 Å². The Morgan fingerprint density at radius 3 is 2.36 bits per heavy atom. The van der Waals surface area contributed by atoms with Crippen LogP contribution in [0.5, 0.6) is 5.75 Å². The van der Waals surface area contributed by atoms with E-state index in [1.807, 2.05) is 62.9 Å². The van der Waals surface area contributed by atoms with Crippen molar-refractivity contribution in [2.45, 2.75) is 52.9 Å². The van der Waals surface area contributed by atoms with Crippen LogP contribution < -0.4 is 20.3 Å². The molecule has 4 aromatic rings. The highest BCUT2D eigenvalue weighted by Crippen LogP contribution is 2.46. The lowest BCUT2D eigenvalue weighted by atomic mass is 9.95. The predicted molar refractivity (Wildman–Crippen MR) is 169 cm³/mol. The number of hydrogen-bond donors (Lipinski definition) is 2. The van der Waals surface area contributed by atoms with Crippen molar-refractivity contribution in [2.75, 3.05) is 17.3 Å². The number of halogens is 3. The number of ether oxygens (including phenoxy) is 1. The van der Waals surface area contributed by atoms with Gasteiger partial charge in [-0.25, -0.2) is 0 Å². The second kappa shape index (κ2) is 11.6. The number of nitrogens with one attached hydrogen (secondary N) is 2. The van der Waals surface area contributed by atoms with Crippen LogP contribution in [0.3, 0.4) is 0 Å². The number of rotatable bonds is 6. The van der Waals surface area contributed by atoms with E-state index in [1.165, 1.54) is 19.2 Å². The number of thiocarbonyl (C=S) groups is 1. The Hall–Kier alpha value is -4.38. The summed E-state index contributed by atoms with van der Waals surface area (Å²) in [6, 6.07) is 17.5. The zero-order valence-electron chi connectivity index (χ0n) is 25.3. The van der Waals surface area contributed by atoms with Crippen LogP contribution in [0.4, 0.5) is 24.5 Å². The smallest absolute Gasteiger partial charge is 0.418 e. The molecule has 230 valence electrons. The molecule has 11 heteroatoms. The molecule has 3 heterocycles. The van der Waals surface area contributed by atoms with Crippen LogP contribution in [0, 0.1) is 19.3 Å². The van der Waals surface area contributed by atoms with E-state index in [2.05, 4.69) is 15.6 Å². The van der Waals surface area contributed by atoms with E-state index in [9.17, 15) is 18.0 Å². The number of nitrogens with zero attached hydrogens (tertiary/aromatic N) is 3. The molecule has 2 atom stereocenters. The zero-order valence-corrected chi connectivity index (χ0v) is 26.1. The number of carbonyl (C=O) groups is 1. The minimum absolute atomic E-state index is 0.0522. The van der Waals surface area contributed by atoms with Crippen molar-refractivity contribution in [3.63, 3.8) is 0 Å². The molecule has 2 N–H and O–H groups in total. The Balaban J connectivity index is 1.66. The number of aryl methyl sites for hydroxylation is 1. The maximum Gasteiger partial charge on any atom is 0.418 e. The molecule has 0 unspecified atom stereocenters. The molecule has 7 nitrogen and oxygen atoms in total. The number of methoxy groups -OCH3 is 1. The van der Waals surface area contributed by atoms with Crippen molar-refractivity contribution < 1.29 is 22.7 Å². The number of aromatic nitrogens is 2. The van der Waals surface area contributed by atoms with Crippen LogP contribution in [0.25, 0.3) is 5.69 Å². The third-order valence-corrected chi connectivity index (χ3v) is 8.04. The van der Waals surface area contributed by atoms with Crippen molar-refractivity contribution in [3.05, 3.63) is 101 Å². The summed E-state index contributed by atoms with van der Waals surface area (Å²) in [5, 5.41) is 6.74. The summed E-state index contributed by atoms with van der Waals surface area (Å²) < 4.78 is 49.5. The van der Waals surface area contributed by atoms with E-state index >= 15 is 0 Å². The first kappa shape index (κ1) is 31.1. The highest BCUT2D eigenvalue weighted by atomic mass is 32.1. The van der Waals surface area contributed by atoms with E-state index in [1.54, 1.807) is 35.9 Å². The molecule has 1 amide bonds. The van der Waals surface area contributed by atoms with Gasteiger partial charge in [0.25, 0.3) is 0 Å². The van der Waals surface area contributed by atoms with Gasteiger partial charge in [-0.3, -0.25) is 9.78 Å². The molecule has 0 radical (unpaired) electrons. The standard InChI is InChI=1S/C33H34F3N5O2S/c1-19-17-22(20(2)40(19)26-13-8-7-11-23(26)33(34,35)36)29-28(25-12-9-10-16-37-25)39-31(44)41(29)21-14-15-24(27(18-21)43-6)38-30(42)32(3,4)5/h7-18,28-29H,1-6H3,(H,38,42)(H,39,44)/t28-,29-/m0/s1. The monoisotopic (exact) mass is 621 g/mol. The molecule has 1 aliphatic rings. The average Bonchev–Trinajstić information content (AvgIpc) is 3.47. The Morgan fingerprint density at radius 2 is 1.73 bits per heavy atom. The van der Waals surface area contributed by atoms with Crippen molar-refractivity contribution in [1.82, 2.24) is 14.9 Å². The fraction of sp³-hybridized carbons (Fsp3) is 0.303. The minimum atomic E-state index is -4.53. The quantitative estimate of drug-likeness (QED) is 0.215. The Kier molecular flexibility index (Phi) is 8.19. The van der Waals surface area contributed by atoms with Crippen LogP contribution >= 0.6 is 12.2 Å². The fourth-order valence-corrected chi connectivity index (χ4v) is 5.90. The summed E-state index contributed by atoms with van der Waals surface area (Å²) in [5.74, 6) is 0.272. The van der Waals surface area contributed by atoms with Crippen LogP contribution in [0.15, 0.2) is 72.9 Å². The Morgan fingerprint density at radius 1 is 1.02 bits per heavy atom. The lowest BCUT2D eigenvalue weighted by molar-refractivity contribution is -0.137. The van der Waals surface area contributed by atoms with Gasteiger partial charge < -0.3 is 24.8 Å². The first-order valence-corrected chi connectivity index (χ1v) is 14.5. The lowest BCUT2D eigenvalue weighted by Gasteiger charge is -2.29. The average molecular weight is 622 g/mol. The molecule has 1 saturated heterocycles. The molecular formula is C33H34F3N5O2S. The fourth-order valence-electron chi connectivity index (χ4n) is 5.56. The summed E-state index contributed by atoms with van der Waals surface area (Å²) in [4.78, 5) is 19.2. The predicted octanol–water partition coefficient (Wildman–Crippen LogP) is 7.68. The van der Waals surface area contributed by atoms with Crippen LogP contribution in [-0.4, -0.2) is 27.7 Å².